The summed E-state index contributed by atoms with van der Waals surface area (Å²) in [6.45, 7) is 5.68. The molecule has 0 atom stereocenters. The van der Waals surface area contributed by atoms with Gasteiger partial charge in [-0.1, -0.05) is 44.7 Å². The van der Waals surface area contributed by atoms with E-state index >= 15 is 0 Å². The fourth-order valence-corrected chi connectivity index (χ4v) is 1.73. The largest absolute Gasteiger partial charge is 0.490 e. The molecule has 1 rings (SSSR count). The normalized spacial score (nSPS) is 10.2. The summed E-state index contributed by atoms with van der Waals surface area (Å²) in [4.78, 5) is 0. The van der Waals surface area contributed by atoms with Gasteiger partial charge < -0.3 is 9.47 Å². The Bertz CT molecular complexity index is 297. The summed E-state index contributed by atoms with van der Waals surface area (Å²) in [5.41, 5.74) is 0. The van der Waals surface area contributed by atoms with E-state index < -0.39 is 0 Å². The maximum absolute atomic E-state index is 5.74. The first-order valence-corrected chi connectivity index (χ1v) is 6.73. The van der Waals surface area contributed by atoms with Crippen molar-refractivity contribution in [3.05, 3.63) is 24.3 Å². The van der Waals surface area contributed by atoms with Crippen molar-refractivity contribution in [2.24, 2.45) is 0 Å². The highest BCUT2D eigenvalue weighted by Crippen LogP contribution is 2.26. The maximum Gasteiger partial charge on any atom is 0.161 e. The highest BCUT2D eigenvalue weighted by atomic mass is 16.5. The van der Waals surface area contributed by atoms with E-state index in [0.29, 0.717) is 6.61 Å². The van der Waals surface area contributed by atoms with Crippen molar-refractivity contribution in [1.29, 1.82) is 0 Å². The zero-order valence-corrected chi connectivity index (χ0v) is 11.1. The van der Waals surface area contributed by atoms with Crippen LogP contribution in [0.5, 0.6) is 11.5 Å². The molecule has 2 nitrogen and oxygen atoms in total. The zero-order valence-electron chi connectivity index (χ0n) is 11.1. The first-order valence-electron chi connectivity index (χ1n) is 6.73. The summed E-state index contributed by atoms with van der Waals surface area (Å²) >= 11 is 0. The SMILES string of the molecule is CCCCCCCOc1ccccc1OCC. The van der Waals surface area contributed by atoms with Crippen molar-refractivity contribution < 1.29 is 9.47 Å². The number of para-hydroxylation sites is 2. The zero-order chi connectivity index (χ0) is 12.3. The van der Waals surface area contributed by atoms with Crippen LogP contribution in [-0.2, 0) is 0 Å². The predicted molar refractivity (Wildman–Crippen MR) is 71.9 cm³/mol. The first kappa shape index (κ1) is 13.9. The van der Waals surface area contributed by atoms with Gasteiger partial charge in [-0.25, -0.2) is 0 Å². The Balaban J connectivity index is 2.25. The minimum atomic E-state index is 0.677. The third-order valence-electron chi connectivity index (χ3n) is 2.65. The van der Waals surface area contributed by atoms with Crippen molar-refractivity contribution in [3.63, 3.8) is 0 Å². The quantitative estimate of drug-likeness (QED) is 0.590. The number of unbranched alkanes of at least 4 members (excludes halogenated alkanes) is 4. The monoisotopic (exact) mass is 236 g/mol. The second-order valence-electron chi connectivity index (χ2n) is 4.14. The number of hydrogen-bond donors (Lipinski definition) is 0. The molecule has 1 aromatic carbocycles. The fraction of sp³-hybridized carbons (Fsp3) is 0.600. The van der Waals surface area contributed by atoms with Gasteiger partial charge in [0.25, 0.3) is 0 Å². The van der Waals surface area contributed by atoms with Gasteiger partial charge in [0.2, 0.25) is 0 Å². The Morgan fingerprint density at radius 3 is 2.12 bits per heavy atom. The van der Waals surface area contributed by atoms with Gasteiger partial charge in [-0.3, -0.25) is 0 Å². The van der Waals surface area contributed by atoms with E-state index in [-0.39, 0.29) is 0 Å². The molecule has 0 spiro atoms. The van der Waals surface area contributed by atoms with Crippen LogP contribution in [0.1, 0.15) is 46.0 Å². The average molecular weight is 236 g/mol. The van der Waals surface area contributed by atoms with Crippen LogP contribution >= 0.6 is 0 Å². The van der Waals surface area contributed by atoms with Crippen LogP contribution < -0.4 is 9.47 Å². The van der Waals surface area contributed by atoms with E-state index in [2.05, 4.69) is 6.92 Å². The maximum atomic E-state index is 5.74. The van der Waals surface area contributed by atoms with Gasteiger partial charge in [0.05, 0.1) is 13.2 Å². The van der Waals surface area contributed by atoms with E-state index in [4.69, 9.17) is 9.47 Å². The molecule has 0 aliphatic carbocycles. The molecule has 0 fully saturated rings. The van der Waals surface area contributed by atoms with Crippen molar-refractivity contribution in [3.8, 4) is 11.5 Å². The Morgan fingerprint density at radius 1 is 0.824 bits per heavy atom. The van der Waals surface area contributed by atoms with E-state index in [1.54, 1.807) is 0 Å². The Hall–Kier alpha value is -1.18. The van der Waals surface area contributed by atoms with Gasteiger partial charge in [0.15, 0.2) is 11.5 Å². The molecule has 0 radical (unpaired) electrons. The third kappa shape index (κ3) is 5.62. The van der Waals surface area contributed by atoms with Crippen molar-refractivity contribution in [2.45, 2.75) is 46.0 Å². The summed E-state index contributed by atoms with van der Waals surface area (Å²) in [5, 5.41) is 0. The number of ether oxygens (including phenoxy) is 2. The summed E-state index contributed by atoms with van der Waals surface area (Å²) in [6.07, 6.45) is 6.31. The van der Waals surface area contributed by atoms with Gasteiger partial charge >= 0.3 is 0 Å². The molecule has 0 N–H and O–H groups in total. The van der Waals surface area contributed by atoms with E-state index in [0.717, 1.165) is 24.5 Å². The fourth-order valence-electron chi connectivity index (χ4n) is 1.73. The summed E-state index contributed by atoms with van der Waals surface area (Å²) in [6, 6.07) is 7.88. The van der Waals surface area contributed by atoms with Crippen LogP contribution in [0.4, 0.5) is 0 Å². The molecule has 17 heavy (non-hydrogen) atoms. The standard InChI is InChI=1S/C15H24O2/c1-3-5-6-7-10-13-17-15-12-9-8-11-14(15)16-4-2/h8-9,11-12H,3-7,10,13H2,1-2H3. The lowest BCUT2D eigenvalue weighted by molar-refractivity contribution is 0.270. The molecule has 0 unspecified atom stereocenters. The lowest BCUT2D eigenvalue weighted by Crippen LogP contribution is -2.00. The highest BCUT2D eigenvalue weighted by Gasteiger charge is 2.02. The van der Waals surface area contributed by atoms with Crippen molar-refractivity contribution >= 4 is 0 Å². The molecule has 0 saturated carbocycles. The molecule has 0 heterocycles. The van der Waals surface area contributed by atoms with Gasteiger partial charge in [0, 0.05) is 0 Å². The molecular formula is C15H24O2. The minimum Gasteiger partial charge on any atom is -0.490 e. The van der Waals surface area contributed by atoms with Crippen molar-refractivity contribution in [2.75, 3.05) is 13.2 Å². The number of rotatable bonds is 9. The third-order valence-corrected chi connectivity index (χ3v) is 2.65. The Kier molecular flexibility index (Phi) is 7.28. The average Bonchev–Trinajstić information content (AvgIpc) is 2.36. The molecular weight excluding hydrogens is 212 g/mol. The topological polar surface area (TPSA) is 18.5 Å². The van der Waals surface area contributed by atoms with E-state index in [1.165, 1.54) is 25.7 Å². The Morgan fingerprint density at radius 2 is 1.47 bits per heavy atom. The number of benzene rings is 1. The van der Waals surface area contributed by atoms with Crippen LogP contribution in [0, 0.1) is 0 Å². The molecule has 0 aliphatic rings. The van der Waals surface area contributed by atoms with E-state index in [1.807, 2.05) is 31.2 Å². The highest BCUT2D eigenvalue weighted by molar-refractivity contribution is 5.39. The van der Waals surface area contributed by atoms with Crippen LogP contribution in [0.25, 0.3) is 0 Å². The molecule has 2 heteroatoms. The molecule has 0 bridgehead atoms. The summed E-state index contributed by atoms with van der Waals surface area (Å²) < 4.78 is 11.3. The smallest absolute Gasteiger partial charge is 0.161 e. The number of hydrogen-bond acceptors (Lipinski definition) is 2. The van der Waals surface area contributed by atoms with Crippen LogP contribution in [-0.4, -0.2) is 13.2 Å². The summed E-state index contributed by atoms with van der Waals surface area (Å²) in [5.74, 6) is 1.72. The van der Waals surface area contributed by atoms with Crippen molar-refractivity contribution in [1.82, 2.24) is 0 Å². The van der Waals surface area contributed by atoms with Gasteiger partial charge in [-0.2, -0.15) is 0 Å². The van der Waals surface area contributed by atoms with Gasteiger partial charge in [-0.15, -0.1) is 0 Å². The minimum absolute atomic E-state index is 0.677. The van der Waals surface area contributed by atoms with E-state index in [9.17, 15) is 0 Å². The molecule has 0 amide bonds. The Labute approximate surface area is 105 Å². The molecule has 0 saturated heterocycles. The van der Waals surface area contributed by atoms with Gasteiger partial charge in [-0.05, 0) is 25.5 Å². The second kappa shape index (κ2) is 8.91. The van der Waals surface area contributed by atoms with Crippen LogP contribution in [0.2, 0.25) is 0 Å². The lowest BCUT2D eigenvalue weighted by Gasteiger charge is -2.11. The lowest BCUT2D eigenvalue weighted by atomic mass is 10.2. The molecule has 0 aliphatic heterocycles. The molecule has 96 valence electrons. The predicted octanol–water partition coefficient (Wildman–Crippen LogP) is 4.43. The first-order chi connectivity index (χ1) is 8.38. The second-order valence-corrected chi connectivity index (χ2v) is 4.14. The molecule has 1 aromatic rings. The van der Waals surface area contributed by atoms with Gasteiger partial charge in [0.1, 0.15) is 0 Å². The molecule has 0 aromatic heterocycles. The summed E-state index contributed by atoms with van der Waals surface area (Å²) in [7, 11) is 0. The van der Waals surface area contributed by atoms with Crippen LogP contribution in [0.15, 0.2) is 24.3 Å². The van der Waals surface area contributed by atoms with Crippen LogP contribution in [0.3, 0.4) is 0 Å².